The minimum Gasteiger partial charge on any atom is -0.368 e. The fourth-order valence-corrected chi connectivity index (χ4v) is 3.62. The number of amides is 2. The van der Waals surface area contributed by atoms with Crippen molar-refractivity contribution in [1.82, 2.24) is 9.80 Å². The maximum absolute atomic E-state index is 14.1. The van der Waals surface area contributed by atoms with Crippen molar-refractivity contribution in [2.45, 2.75) is 12.5 Å². The third-order valence-corrected chi connectivity index (χ3v) is 5.46. The van der Waals surface area contributed by atoms with E-state index >= 15 is 0 Å². The minimum atomic E-state index is -0.400. The Kier molecular flexibility index (Phi) is 5.33. The lowest BCUT2D eigenvalue weighted by Gasteiger charge is -2.38. The predicted molar refractivity (Wildman–Crippen MR) is 104 cm³/mol. The Morgan fingerprint density at radius 2 is 1.64 bits per heavy atom. The molecule has 0 N–H and O–H groups in total. The van der Waals surface area contributed by atoms with Gasteiger partial charge in [-0.15, -0.1) is 0 Å². The van der Waals surface area contributed by atoms with Gasteiger partial charge in [-0.1, -0.05) is 23.7 Å². The van der Waals surface area contributed by atoms with Gasteiger partial charge < -0.3 is 14.5 Å². The van der Waals surface area contributed by atoms with Crippen LogP contribution in [0.2, 0.25) is 5.02 Å². The summed E-state index contributed by atoms with van der Waals surface area (Å²) in [6.45, 7) is 2.65. The second-order valence-electron chi connectivity index (χ2n) is 6.97. The molecule has 2 aliphatic heterocycles. The topological polar surface area (TPSA) is 49.9 Å². The first-order chi connectivity index (χ1) is 13.5. The van der Waals surface area contributed by atoms with E-state index in [1.165, 1.54) is 6.07 Å². The molecule has 5 nitrogen and oxygen atoms in total. The molecule has 2 fully saturated rings. The number of ether oxygens (including phenoxy) is 1. The van der Waals surface area contributed by atoms with Gasteiger partial charge in [0.05, 0.1) is 6.61 Å². The summed E-state index contributed by atoms with van der Waals surface area (Å²) in [6.07, 6.45) is 0.474. The highest BCUT2D eigenvalue weighted by atomic mass is 35.5. The monoisotopic (exact) mass is 402 g/mol. The Morgan fingerprint density at radius 1 is 1.00 bits per heavy atom. The molecule has 146 valence electrons. The first-order valence-corrected chi connectivity index (χ1v) is 9.66. The van der Waals surface area contributed by atoms with Crippen molar-refractivity contribution in [3.63, 3.8) is 0 Å². The van der Waals surface area contributed by atoms with E-state index in [1.54, 1.807) is 46.2 Å². The number of halogens is 2. The molecule has 28 heavy (non-hydrogen) atoms. The molecule has 1 unspecified atom stereocenters. The molecule has 2 aromatic rings. The molecule has 1 atom stereocenters. The first kappa shape index (κ1) is 18.9. The molecular formula is C21H20ClFN2O3. The molecule has 0 bridgehead atoms. The zero-order chi connectivity index (χ0) is 19.7. The Bertz CT molecular complexity index is 891. The van der Waals surface area contributed by atoms with E-state index in [9.17, 15) is 14.0 Å². The van der Waals surface area contributed by atoms with Crippen molar-refractivity contribution >= 4 is 23.4 Å². The molecule has 2 aliphatic rings. The second kappa shape index (κ2) is 7.89. The summed E-state index contributed by atoms with van der Waals surface area (Å²) in [5.41, 5.74) is 1.66. The minimum absolute atomic E-state index is 0.0210. The van der Waals surface area contributed by atoms with Crippen molar-refractivity contribution in [3.05, 3.63) is 58.9 Å². The predicted octanol–water partition coefficient (Wildman–Crippen LogP) is 3.22. The van der Waals surface area contributed by atoms with Crippen molar-refractivity contribution < 1.29 is 18.7 Å². The van der Waals surface area contributed by atoms with Gasteiger partial charge in [-0.3, -0.25) is 9.59 Å². The van der Waals surface area contributed by atoms with Crippen LogP contribution in [0.1, 0.15) is 16.8 Å². The molecule has 4 rings (SSSR count). The number of piperazine rings is 1. The van der Waals surface area contributed by atoms with Crippen LogP contribution in [0.3, 0.4) is 0 Å². The van der Waals surface area contributed by atoms with Gasteiger partial charge in [0.25, 0.3) is 11.8 Å². The zero-order valence-corrected chi connectivity index (χ0v) is 16.0. The highest BCUT2D eigenvalue weighted by Crippen LogP contribution is 2.26. The number of rotatable bonds is 3. The van der Waals surface area contributed by atoms with Gasteiger partial charge in [0.15, 0.2) is 0 Å². The molecule has 7 heteroatoms. The highest BCUT2D eigenvalue weighted by molar-refractivity contribution is 6.30. The first-order valence-electron chi connectivity index (χ1n) is 9.28. The fraction of sp³-hybridized carbons (Fsp3) is 0.333. The van der Waals surface area contributed by atoms with Crippen molar-refractivity contribution in [2.24, 2.45) is 0 Å². The van der Waals surface area contributed by atoms with Crippen molar-refractivity contribution in [1.29, 1.82) is 0 Å². The van der Waals surface area contributed by atoms with Gasteiger partial charge in [0.2, 0.25) is 0 Å². The van der Waals surface area contributed by atoms with E-state index in [1.807, 2.05) is 0 Å². The van der Waals surface area contributed by atoms with Crippen LogP contribution >= 0.6 is 11.6 Å². The fourth-order valence-electron chi connectivity index (χ4n) is 3.46. The average molecular weight is 403 g/mol. The summed E-state index contributed by atoms with van der Waals surface area (Å²) in [7, 11) is 0. The van der Waals surface area contributed by atoms with Gasteiger partial charge in [-0.2, -0.15) is 0 Å². The SMILES string of the molecule is O=C(c1ccc(-c2ccc(Cl)cc2F)cc1)N1CCN(C(=O)C2CCO2)CC1. The summed E-state index contributed by atoms with van der Waals surface area (Å²) in [5, 5.41) is 0.342. The van der Waals surface area contributed by atoms with Gasteiger partial charge in [-0.25, -0.2) is 4.39 Å². The van der Waals surface area contributed by atoms with E-state index < -0.39 is 5.82 Å². The summed E-state index contributed by atoms with van der Waals surface area (Å²) in [4.78, 5) is 28.5. The average Bonchev–Trinajstić information content (AvgIpc) is 2.66. The van der Waals surface area contributed by atoms with Crippen LogP contribution in [0.5, 0.6) is 0 Å². The van der Waals surface area contributed by atoms with E-state index in [2.05, 4.69) is 0 Å². The lowest BCUT2D eigenvalue weighted by molar-refractivity contribution is -0.157. The van der Waals surface area contributed by atoms with Crippen LogP contribution in [-0.4, -0.2) is 60.5 Å². The summed E-state index contributed by atoms with van der Waals surface area (Å²) < 4.78 is 19.3. The molecule has 2 amide bonds. The molecular weight excluding hydrogens is 383 g/mol. The summed E-state index contributed by atoms with van der Waals surface area (Å²) in [6, 6.07) is 11.4. The van der Waals surface area contributed by atoms with Gasteiger partial charge in [-0.05, 0) is 35.9 Å². The smallest absolute Gasteiger partial charge is 0.253 e. The zero-order valence-electron chi connectivity index (χ0n) is 15.2. The van der Waals surface area contributed by atoms with E-state index in [4.69, 9.17) is 16.3 Å². The molecule has 0 radical (unpaired) electrons. The standard InChI is InChI=1S/C21H20ClFN2O3/c22-16-5-6-17(18(23)13-16)14-1-3-15(4-2-14)20(26)24-8-10-25(11-9-24)21(27)19-7-12-28-19/h1-6,13,19H,7-12H2. The number of carbonyl (C=O) groups is 2. The van der Waals surface area contributed by atoms with E-state index in [0.29, 0.717) is 54.5 Å². The summed E-state index contributed by atoms with van der Waals surface area (Å²) in [5.74, 6) is -0.467. The molecule has 0 saturated carbocycles. The highest BCUT2D eigenvalue weighted by Gasteiger charge is 2.33. The van der Waals surface area contributed by atoms with E-state index in [0.717, 1.165) is 6.42 Å². The van der Waals surface area contributed by atoms with Crippen LogP contribution in [0.4, 0.5) is 4.39 Å². The molecule has 2 saturated heterocycles. The molecule has 0 spiro atoms. The Labute approximate surface area is 167 Å². The van der Waals surface area contributed by atoms with Crippen molar-refractivity contribution in [3.8, 4) is 11.1 Å². The molecule has 2 aromatic carbocycles. The van der Waals surface area contributed by atoms with Gasteiger partial charge >= 0.3 is 0 Å². The number of carbonyl (C=O) groups excluding carboxylic acids is 2. The van der Waals surface area contributed by atoms with Crippen LogP contribution in [0.15, 0.2) is 42.5 Å². The Morgan fingerprint density at radius 3 is 2.21 bits per heavy atom. The Hall–Kier alpha value is -2.44. The van der Waals surface area contributed by atoms with Crippen LogP contribution in [0, 0.1) is 5.82 Å². The third-order valence-electron chi connectivity index (χ3n) is 5.23. The van der Waals surface area contributed by atoms with Gasteiger partial charge in [0.1, 0.15) is 11.9 Å². The normalized spacial score (nSPS) is 19.3. The number of hydrogen-bond donors (Lipinski definition) is 0. The lowest BCUT2D eigenvalue weighted by atomic mass is 10.0. The molecule has 0 aromatic heterocycles. The number of hydrogen-bond acceptors (Lipinski definition) is 3. The Balaban J connectivity index is 1.39. The largest absolute Gasteiger partial charge is 0.368 e. The molecule has 2 heterocycles. The lowest BCUT2D eigenvalue weighted by Crippen LogP contribution is -2.54. The quantitative estimate of drug-likeness (QED) is 0.792. The maximum atomic E-state index is 14.1. The van der Waals surface area contributed by atoms with E-state index in [-0.39, 0.29) is 17.9 Å². The second-order valence-corrected chi connectivity index (χ2v) is 7.40. The maximum Gasteiger partial charge on any atom is 0.253 e. The summed E-state index contributed by atoms with van der Waals surface area (Å²) >= 11 is 5.79. The third kappa shape index (κ3) is 3.75. The number of nitrogens with zero attached hydrogens (tertiary/aromatic N) is 2. The van der Waals surface area contributed by atoms with Gasteiger partial charge in [0, 0.05) is 48.7 Å². The number of benzene rings is 2. The van der Waals surface area contributed by atoms with Crippen molar-refractivity contribution in [2.75, 3.05) is 32.8 Å². The van der Waals surface area contributed by atoms with Crippen LogP contribution in [-0.2, 0) is 9.53 Å². The molecule has 0 aliphatic carbocycles. The van der Waals surface area contributed by atoms with Crippen LogP contribution in [0.25, 0.3) is 11.1 Å². The van der Waals surface area contributed by atoms with Crippen LogP contribution < -0.4 is 0 Å².